The quantitative estimate of drug-likeness (QED) is 0.501. The summed E-state index contributed by atoms with van der Waals surface area (Å²) in [6.07, 6.45) is 0.464. The van der Waals surface area contributed by atoms with E-state index in [0.717, 1.165) is 5.56 Å². The van der Waals surface area contributed by atoms with Gasteiger partial charge in [0, 0.05) is 22.9 Å². The molecule has 0 saturated carbocycles. The summed E-state index contributed by atoms with van der Waals surface area (Å²) < 4.78 is 21.7. The highest BCUT2D eigenvalue weighted by molar-refractivity contribution is 6.12. The third-order valence-electron chi connectivity index (χ3n) is 6.91. The second kappa shape index (κ2) is 9.53. The Hall–Kier alpha value is -4.07. The van der Waals surface area contributed by atoms with Crippen LogP contribution in [0.4, 0.5) is 0 Å². The van der Waals surface area contributed by atoms with E-state index in [-0.39, 0.29) is 25.1 Å². The molecule has 36 heavy (non-hydrogen) atoms. The summed E-state index contributed by atoms with van der Waals surface area (Å²) in [4.78, 5) is 39.9. The molecule has 186 valence electrons. The fraction of sp³-hybridized carbons (Fsp3) is 0.321. The van der Waals surface area contributed by atoms with Gasteiger partial charge in [0.15, 0.2) is 17.3 Å². The van der Waals surface area contributed by atoms with Crippen molar-refractivity contribution in [1.29, 1.82) is 0 Å². The highest BCUT2D eigenvalue weighted by Gasteiger charge is 2.47. The van der Waals surface area contributed by atoms with Crippen LogP contribution in [0.1, 0.15) is 37.3 Å². The lowest BCUT2D eigenvalue weighted by atomic mass is 9.69. The number of ketones is 1. The third-order valence-corrected chi connectivity index (χ3v) is 6.91. The SMILES string of the molecule is COC(=O)[C@@H]1C(=O)C2=C(C[C@@H]1C)NC(C)=C(C(=O)OCc1ccccc1)[C@H]2c1ccc2c(c1)OCO2. The lowest BCUT2D eigenvalue weighted by Gasteiger charge is -2.38. The number of carbonyl (C=O) groups excluding carboxylic acids is 3. The maximum absolute atomic E-state index is 13.8. The normalized spacial score (nSPS) is 22.6. The van der Waals surface area contributed by atoms with Gasteiger partial charge >= 0.3 is 11.9 Å². The molecule has 0 spiro atoms. The molecule has 2 heterocycles. The van der Waals surface area contributed by atoms with Crippen molar-refractivity contribution in [3.05, 3.63) is 82.2 Å². The van der Waals surface area contributed by atoms with Crippen molar-refractivity contribution in [2.75, 3.05) is 13.9 Å². The van der Waals surface area contributed by atoms with E-state index in [0.29, 0.717) is 46.0 Å². The van der Waals surface area contributed by atoms with E-state index in [2.05, 4.69) is 5.32 Å². The molecule has 3 atom stereocenters. The molecule has 1 N–H and O–H groups in total. The van der Waals surface area contributed by atoms with Crippen molar-refractivity contribution in [2.45, 2.75) is 32.8 Å². The van der Waals surface area contributed by atoms with Crippen LogP contribution in [0.25, 0.3) is 0 Å². The predicted octanol–water partition coefficient (Wildman–Crippen LogP) is 3.77. The number of carbonyl (C=O) groups is 3. The van der Waals surface area contributed by atoms with Crippen LogP contribution in [0.5, 0.6) is 11.5 Å². The smallest absolute Gasteiger partial charge is 0.337 e. The summed E-state index contributed by atoms with van der Waals surface area (Å²) in [6, 6.07) is 14.7. The zero-order valence-corrected chi connectivity index (χ0v) is 20.3. The number of allylic oxidation sites excluding steroid dienone is 3. The zero-order valence-electron chi connectivity index (χ0n) is 20.3. The predicted molar refractivity (Wildman–Crippen MR) is 129 cm³/mol. The van der Waals surface area contributed by atoms with Crippen molar-refractivity contribution < 1.29 is 33.3 Å². The number of esters is 2. The van der Waals surface area contributed by atoms with E-state index < -0.39 is 23.8 Å². The second-order valence-corrected chi connectivity index (χ2v) is 9.21. The summed E-state index contributed by atoms with van der Waals surface area (Å²) in [5.41, 5.74) is 3.51. The van der Waals surface area contributed by atoms with Gasteiger partial charge in [0.05, 0.1) is 12.7 Å². The largest absolute Gasteiger partial charge is 0.468 e. The molecule has 0 radical (unpaired) electrons. The first-order valence-corrected chi connectivity index (χ1v) is 11.8. The maximum atomic E-state index is 13.8. The van der Waals surface area contributed by atoms with Gasteiger partial charge in [-0.25, -0.2) is 4.79 Å². The Morgan fingerprint density at radius 2 is 1.83 bits per heavy atom. The van der Waals surface area contributed by atoms with E-state index in [4.69, 9.17) is 18.9 Å². The molecule has 1 aliphatic carbocycles. The number of hydrogen-bond donors (Lipinski definition) is 1. The molecule has 0 aromatic heterocycles. The van der Waals surface area contributed by atoms with Gasteiger partial charge in [-0.15, -0.1) is 0 Å². The molecular weight excluding hydrogens is 462 g/mol. The van der Waals surface area contributed by atoms with Crippen molar-refractivity contribution >= 4 is 17.7 Å². The number of ether oxygens (including phenoxy) is 4. The Bertz CT molecular complexity index is 1290. The first kappa shape index (κ1) is 23.7. The molecule has 8 nitrogen and oxygen atoms in total. The first-order valence-electron chi connectivity index (χ1n) is 11.8. The van der Waals surface area contributed by atoms with Crippen LogP contribution < -0.4 is 14.8 Å². The standard InChI is InChI=1S/C28H27NO7/c1-15-11-19-25(26(30)22(15)27(31)33-3)24(18-9-10-20-21(12-18)36-14-35-20)23(16(2)29-19)28(32)34-13-17-7-5-4-6-8-17/h4-10,12,15,22,24,29H,11,13-14H2,1-3H3/t15-,22-,24+/m0/s1. The molecule has 5 rings (SSSR count). The second-order valence-electron chi connectivity index (χ2n) is 9.21. The minimum Gasteiger partial charge on any atom is -0.468 e. The van der Waals surface area contributed by atoms with E-state index in [9.17, 15) is 14.4 Å². The Labute approximate surface area is 208 Å². The van der Waals surface area contributed by atoms with Gasteiger partial charge in [0.1, 0.15) is 12.5 Å². The third kappa shape index (κ3) is 4.12. The number of rotatable bonds is 5. The van der Waals surface area contributed by atoms with Crippen molar-refractivity contribution in [1.82, 2.24) is 5.32 Å². The zero-order chi connectivity index (χ0) is 25.4. The van der Waals surface area contributed by atoms with Gasteiger partial charge in [-0.05, 0) is 42.5 Å². The van der Waals surface area contributed by atoms with Gasteiger partial charge in [-0.2, -0.15) is 0 Å². The van der Waals surface area contributed by atoms with Gasteiger partial charge in [-0.3, -0.25) is 9.59 Å². The van der Waals surface area contributed by atoms with E-state index in [1.54, 1.807) is 19.1 Å². The number of benzene rings is 2. The Morgan fingerprint density at radius 1 is 1.08 bits per heavy atom. The van der Waals surface area contributed by atoms with Gasteiger partial charge in [-0.1, -0.05) is 43.3 Å². The number of methoxy groups -OCH3 is 1. The van der Waals surface area contributed by atoms with Crippen molar-refractivity contribution in [2.24, 2.45) is 11.8 Å². The molecule has 0 amide bonds. The summed E-state index contributed by atoms with van der Waals surface area (Å²) in [5, 5.41) is 3.27. The van der Waals surface area contributed by atoms with Crippen LogP contribution in [0.15, 0.2) is 71.1 Å². The lowest BCUT2D eigenvalue weighted by Crippen LogP contribution is -2.43. The van der Waals surface area contributed by atoms with E-state index in [1.807, 2.05) is 43.3 Å². The maximum Gasteiger partial charge on any atom is 0.337 e. The van der Waals surface area contributed by atoms with Crippen LogP contribution in [-0.4, -0.2) is 31.6 Å². The summed E-state index contributed by atoms with van der Waals surface area (Å²) >= 11 is 0. The van der Waals surface area contributed by atoms with Gasteiger partial charge in [0.25, 0.3) is 0 Å². The molecular formula is C28H27NO7. The molecule has 2 aromatic carbocycles. The van der Waals surface area contributed by atoms with Crippen LogP contribution in [0, 0.1) is 11.8 Å². The monoisotopic (exact) mass is 489 g/mol. The van der Waals surface area contributed by atoms with Crippen LogP contribution in [-0.2, 0) is 30.5 Å². The molecule has 8 heteroatoms. The van der Waals surface area contributed by atoms with Gasteiger partial charge in [0.2, 0.25) is 6.79 Å². The van der Waals surface area contributed by atoms with Crippen molar-refractivity contribution in [3.63, 3.8) is 0 Å². The van der Waals surface area contributed by atoms with Crippen LogP contribution in [0.3, 0.4) is 0 Å². The minimum absolute atomic E-state index is 0.0893. The summed E-state index contributed by atoms with van der Waals surface area (Å²) in [6.45, 7) is 3.83. The summed E-state index contributed by atoms with van der Waals surface area (Å²) in [7, 11) is 1.27. The molecule has 0 saturated heterocycles. The lowest BCUT2D eigenvalue weighted by molar-refractivity contribution is -0.151. The number of hydrogen-bond acceptors (Lipinski definition) is 8. The highest BCUT2D eigenvalue weighted by Crippen LogP contribution is 2.47. The average molecular weight is 490 g/mol. The molecule has 0 unspecified atom stereocenters. The molecule has 3 aliphatic rings. The van der Waals surface area contributed by atoms with Crippen LogP contribution in [0.2, 0.25) is 0 Å². The number of fused-ring (bicyclic) bond motifs is 1. The summed E-state index contributed by atoms with van der Waals surface area (Å²) in [5.74, 6) is -2.31. The minimum atomic E-state index is -0.952. The van der Waals surface area contributed by atoms with E-state index in [1.165, 1.54) is 7.11 Å². The van der Waals surface area contributed by atoms with Crippen LogP contribution >= 0.6 is 0 Å². The average Bonchev–Trinajstić information content (AvgIpc) is 3.35. The number of nitrogens with one attached hydrogen (secondary N) is 1. The molecule has 0 bridgehead atoms. The Kier molecular flexibility index (Phi) is 6.26. The first-order chi connectivity index (χ1) is 17.4. The fourth-order valence-electron chi connectivity index (χ4n) is 5.18. The highest BCUT2D eigenvalue weighted by atomic mass is 16.7. The molecule has 2 aromatic rings. The topological polar surface area (TPSA) is 100 Å². The Balaban J connectivity index is 1.57. The molecule has 0 fully saturated rings. The van der Waals surface area contributed by atoms with Crippen molar-refractivity contribution in [3.8, 4) is 11.5 Å². The Morgan fingerprint density at radius 3 is 2.58 bits per heavy atom. The van der Waals surface area contributed by atoms with Gasteiger partial charge < -0.3 is 24.3 Å². The number of dihydropyridines is 1. The van der Waals surface area contributed by atoms with E-state index >= 15 is 0 Å². The number of Topliss-reactive ketones (excluding diaryl/α,β-unsaturated/α-hetero) is 1. The molecule has 2 aliphatic heterocycles. The fourth-order valence-corrected chi connectivity index (χ4v) is 5.18.